The smallest absolute Gasteiger partial charge is 0.323 e. The molecule has 3 aliphatic heterocycles. The number of halogens is 1. The van der Waals surface area contributed by atoms with Crippen LogP contribution in [0.25, 0.3) is 0 Å². The number of anilines is 1. The first-order valence-electron chi connectivity index (χ1n) is 10.2. The van der Waals surface area contributed by atoms with Crippen molar-refractivity contribution in [3.05, 3.63) is 40.9 Å². The molecular formula is C22H26BrN3O2. The lowest BCUT2D eigenvalue weighted by Gasteiger charge is -2.42. The maximum absolute atomic E-state index is 12.9. The highest BCUT2D eigenvalue weighted by molar-refractivity contribution is 9.10. The molecule has 0 aromatic heterocycles. The molecule has 1 saturated carbocycles. The molecule has 0 unspecified atom stereocenters. The van der Waals surface area contributed by atoms with Crippen molar-refractivity contribution in [2.75, 3.05) is 12.0 Å². The Morgan fingerprint density at radius 1 is 1.39 bits per heavy atom. The molecule has 28 heavy (non-hydrogen) atoms. The quantitative estimate of drug-likeness (QED) is 0.557. The van der Waals surface area contributed by atoms with Crippen LogP contribution >= 0.6 is 15.9 Å². The molecule has 6 heteroatoms. The maximum atomic E-state index is 12.9. The summed E-state index contributed by atoms with van der Waals surface area (Å²) in [6, 6.07) is 6.05. The predicted molar refractivity (Wildman–Crippen MR) is 113 cm³/mol. The van der Waals surface area contributed by atoms with Crippen LogP contribution in [0.3, 0.4) is 0 Å². The number of amidine groups is 1. The molecule has 1 aromatic carbocycles. The molecule has 1 spiro atoms. The first-order valence-corrected chi connectivity index (χ1v) is 10.9. The molecule has 0 radical (unpaired) electrons. The minimum Gasteiger partial charge on any atom is -0.468 e. The van der Waals surface area contributed by atoms with Crippen LogP contribution in [0.4, 0.5) is 5.69 Å². The molecule has 3 heterocycles. The van der Waals surface area contributed by atoms with Gasteiger partial charge in [0.05, 0.1) is 18.8 Å². The molecule has 0 bridgehead atoms. The van der Waals surface area contributed by atoms with E-state index in [0.29, 0.717) is 12.3 Å². The van der Waals surface area contributed by atoms with E-state index in [1.54, 1.807) is 0 Å². The van der Waals surface area contributed by atoms with Crippen molar-refractivity contribution in [3.63, 3.8) is 0 Å². The predicted octanol–water partition coefficient (Wildman–Crippen LogP) is 4.35. The fourth-order valence-electron chi connectivity index (χ4n) is 6.50. The summed E-state index contributed by atoms with van der Waals surface area (Å²) in [6.45, 7) is 4.04. The monoisotopic (exact) mass is 443 g/mol. The van der Waals surface area contributed by atoms with E-state index in [4.69, 9.17) is 4.74 Å². The average Bonchev–Trinajstić information content (AvgIpc) is 3.26. The molecule has 3 atom stereocenters. The number of nitrogens with zero attached hydrogens (tertiary/aromatic N) is 2. The number of esters is 1. The SMILES string of the molecule is C=CC[C@@]12C[C@@H](C(=O)OC)N3[C@@H]1N(C(=N)C31CCCCC1)c1ccc(Br)cc12. The molecule has 2 saturated heterocycles. The zero-order valence-corrected chi connectivity index (χ0v) is 17.8. The number of carbonyl (C=O) groups excluding carboxylic acids is 1. The van der Waals surface area contributed by atoms with Gasteiger partial charge in [-0.2, -0.15) is 0 Å². The van der Waals surface area contributed by atoms with Gasteiger partial charge in [-0.1, -0.05) is 41.3 Å². The summed E-state index contributed by atoms with van der Waals surface area (Å²) >= 11 is 3.63. The van der Waals surface area contributed by atoms with Crippen molar-refractivity contribution in [2.45, 2.75) is 68.1 Å². The van der Waals surface area contributed by atoms with Gasteiger partial charge < -0.3 is 9.64 Å². The van der Waals surface area contributed by atoms with E-state index >= 15 is 0 Å². The molecule has 1 N–H and O–H groups in total. The Bertz CT molecular complexity index is 879. The van der Waals surface area contributed by atoms with Crippen LogP contribution in [0.5, 0.6) is 0 Å². The van der Waals surface area contributed by atoms with Crippen molar-refractivity contribution in [2.24, 2.45) is 0 Å². The number of rotatable bonds is 3. The molecule has 3 fully saturated rings. The number of carbonyl (C=O) groups is 1. The highest BCUT2D eigenvalue weighted by atomic mass is 79.9. The Kier molecular flexibility index (Phi) is 4.05. The molecule has 4 aliphatic rings. The van der Waals surface area contributed by atoms with E-state index < -0.39 is 0 Å². The van der Waals surface area contributed by atoms with Gasteiger partial charge in [-0.05, 0) is 49.4 Å². The van der Waals surface area contributed by atoms with E-state index in [9.17, 15) is 10.2 Å². The highest BCUT2D eigenvalue weighted by Gasteiger charge is 2.72. The number of nitrogens with one attached hydrogen (secondary N) is 1. The van der Waals surface area contributed by atoms with Crippen molar-refractivity contribution >= 4 is 33.4 Å². The van der Waals surface area contributed by atoms with Crippen LogP contribution in [-0.4, -0.2) is 41.6 Å². The topological polar surface area (TPSA) is 56.6 Å². The highest BCUT2D eigenvalue weighted by Crippen LogP contribution is 2.63. The zero-order valence-electron chi connectivity index (χ0n) is 16.2. The average molecular weight is 444 g/mol. The van der Waals surface area contributed by atoms with Crippen molar-refractivity contribution in [1.82, 2.24) is 4.90 Å². The normalized spacial score (nSPS) is 32.5. The number of hydrogen-bond donors (Lipinski definition) is 1. The molecule has 5 rings (SSSR count). The standard InChI is InChI=1S/C22H26BrN3O2/c1-3-9-21-13-17(18(27)28-2)26-20(21)25(16-8-7-14(23)12-15(16)21)19(24)22(26)10-5-4-6-11-22/h3,7-8,12,17,20,24H,1,4-6,9-11,13H2,2H3/t17-,20-,21-/m0/s1. The van der Waals surface area contributed by atoms with E-state index in [-0.39, 0.29) is 29.1 Å². The van der Waals surface area contributed by atoms with Crippen LogP contribution < -0.4 is 4.90 Å². The lowest BCUT2D eigenvalue weighted by atomic mass is 9.75. The Morgan fingerprint density at radius 3 is 2.82 bits per heavy atom. The number of benzene rings is 1. The number of fused-ring (bicyclic) bond motifs is 4. The van der Waals surface area contributed by atoms with Crippen LogP contribution in [-0.2, 0) is 14.9 Å². The third kappa shape index (κ3) is 2.05. The fourth-order valence-corrected chi connectivity index (χ4v) is 6.86. The van der Waals surface area contributed by atoms with Crippen LogP contribution in [0.15, 0.2) is 35.3 Å². The Morgan fingerprint density at radius 2 is 2.14 bits per heavy atom. The number of hydrogen-bond acceptors (Lipinski definition) is 4. The first-order chi connectivity index (χ1) is 13.5. The zero-order chi connectivity index (χ0) is 19.7. The van der Waals surface area contributed by atoms with Gasteiger partial charge in [0.25, 0.3) is 0 Å². The van der Waals surface area contributed by atoms with Gasteiger partial charge in [0.2, 0.25) is 0 Å². The van der Waals surface area contributed by atoms with Crippen LogP contribution in [0.2, 0.25) is 0 Å². The maximum Gasteiger partial charge on any atom is 0.323 e. The summed E-state index contributed by atoms with van der Waals surface area (Å²) in [4.78, 5) is 17.5. The van der Waals surface area contributed by atoms with E-state index in [1.165, 1.54) is 19.1 Å². The Hall–Kier alpha value is -1.66. The molecular weight excluding hydrogens is 418 g/mol. The summed E-state index contributed by atoms with van der Waals surface area (Å²) in [6.07, 6.45) is 8.77. The summed E-state index contributed by atoms with van der Waals surface area (Å²) in [5, 5.41) is 9.26. The van der Waals surface area contributed by atoms with Gasteiger partial charge in [-0.15, -0.1) is 6.58 Å². The van der Waals surface area contributed by atoms with E-state index in [0.717, 1.165) is 42.3 Å². The molecule has 148 valence electrons. The first kappa shape index (κ1) is 18.4. The fraction of sp³-hybridized carbons (Fsp3) is 0.545. The van der Waals surface area contributed by atoms with Gasteiger partial charge >= 0.3 is 5.97 Å². The van der Waals surface area contributed by atoms with Crippen molar-refractivity contribution in [1.29, 1.82) is 5.41 Å². The lowest BCUT2D eigenvalue weighted by Crippen LogP contribution is -2.56. The molecule has 0 amide bonds. The Balaban J connectivity index is 1.76. The molecule has 1 aromatic rings. The summed E-state index contributed by atoms with van der Waals surface area (Å²) in [5.41, 5.74) is 1.75. The third-order valence-electron chi connectivity index (χ3n) is 7.49. The lowest BCUT2D eigenvalue weighted by molar-refractivity contribution is -0.148. The minimum absolute atomic E-state index is 0.00972. The van der Waals surface area contributed by atoms with Gasteiger partial charge in [0.15, 0.2) is 0 Å². The molecule has 5 nitrogen and oxygen atoms in total. The van der Waals surface area contributed by atoms with Crippen LogP contribution in [0, 0.1) is 5.41 Å². The van der Waals surface area contributed by atoms with E-state index in [1.807, 2.05) is 6.08 Å². The van der Waals surface area contributed by atoms with Gasteiger partial charge in [-0.3, -0.25) is 15.1 Å². The summed E-state index contributed by atoms with van der Waals surface area (Å²) in [7, 11) is 1.48. The summed E-state index contributed by atoms with van der Waals surface area (Å²) in [5.74, 6) is 0.495. The van der Waals surface area contributed by atoms with Crippen LogP contribution in [0.1, 0.15) is 50.5 Å². The number of ether oxygens (including phenoxy) is 1. The van der Waals surface area contributed by atoms with Gasteiger partial charge in [-0.25, -0.2) is 0 Å². The second-order valence-corrected chi connectivity index (χ2v) is 9.56. The second-order valence-electron chi connectivity index (χ2n) is 8.65. The van der Waals surface area contributed by atoms with Crippen molar-refractivity contribution < 1.29 is 9.53 Å². The molecule has 1 aliphatic carbocycles. The summed E-state index contributed by atoms with van der Waals surface area (Å²) < 4.78 is 6.28. The van der Waals surface area contributed by atoms with E-state index in [2.05, 4.69) is 50.5 Å². The third-order valence-corrected chi connectivity index (χ3v) is 7.98. The number of methoxy groups -OCH3 is 1. The largest absolute Gasteiger partial charge is 0.468 e. The van der Waals surface area contributed by atoms with Gasteiger partial charge in [0, 0.05) is 15.6 Å². The minimum atomic E-state index is -0.352. The van der Waals surface area contributed by atoms with Gasteiger partial charge in [0.1, 0.15) is 11.9 Å². The Labute approximate surface area is 174 Å². The second kappa shape index (κ2) is 6.17. The van der Waals surface area contributed by atoms with Crippen molar-refractivity contribution in [3.8, 4) is 0 Å². The number of allylic oxidation sites excluding steroid dienone is 1.